The summed E-state index contributed by atoms with van der Waals surface area (Å²) in [5.74, 6) is 1.08. The molecule has 2 atom stereocenters. The highest BCUT2D eigenvalue weighted by atomic mass is 16.6. The summed E-state index contributed by atoms with van der Waals surface area (Å²) < 4.78 is 24.1. The Labute approximate surface area is 245 Å². The molecule has 0 aromatic heterocycles. The van der Waals surface area contributed by atoms with E-state index >= 15 is 0 Å². The highest BCUT2D eigenvalue weighted by Gasteiger charge is 2.23. The molecule has 3 aromatic rings. The second-order valence-electron chi connectivity index (χ2n) is 11.6. The molecule has 0 aliphatic rings. The lowest BCUT2D eigenvalue weighted by molar-refractivity contribution is -0.150. The third-order valence-electron chi connectivity index (χ3n) is 7.65. The summed E-state index contributed by atoms with van der Waals surface area (Å²) in [6.45, 7) is 15.0. The summed E-state index contributed by atoms with van der Waals surface area (Å²) in [6.07, 6.45) is 4.57. The number of benzene rings is 3. The van der Waals surface area contributed by atoms with Crippen LogP contribution in [0.2, 0.25) is 0 Å². The highest BCUT2D eigenvalue weighted by Crippen LogP contribution is 2.44. The first-order valence-corrected chi connectivity index (χ1v) is 15.2. The van der Waals surface area contributed by atoms with Crippen molar-refractivity contribution in [3.05, 3.63) is 48.0 Å². The molecule has 0 bridgehead atoms. The van der Waals surface area contributed by atoms with E-state index in [0.29, 0.717) is 12.8 Å². The minimum absolute atomic E-state index is 0.0264. The van der Waals surface area contributed by atoms with Crippen LogP contribution in [-0.2, 0) is 24.5 Å². The van der Waals surface area contributed by atoms with Crippen LogP contribution in [0.3, 0.4) is 0 Å². The Kier molecular flexibility index (Phi) is 11.9. The number of hydrogen-bond acceptors (Lipinski definition) is 6. The molecule has 224 valence electrons. The summed E-state index contributed by atoms with van der Waals surface area (Å²) in [6, 6.07) is 14.5. The first-order chi connectivity index (χ1) is 19.6. The molecule has 0 heterocycles. The van der Waals surface area contributed by atoms with E-state index < -0.39 is 0 Å². The van der Waals surface area contributed by atoms with Gasteiger partial charge in [0.1, 0.15) is 36.9 Å². The fourth-order valence-electron chi connectivity index (χ4n) is 4.71. The third kappa shape index (κ3) is 8.61. The summed E-state index contributed by atoms with van der Waals surface area (Å²) in [5.41, 5.74) is 1.18. The van der Waals surface area contributed by atoms with E-state index in [1.807, 2.05) is 38.1 Å². The second kappa shape index (κ2) is 15.1. The number of carbonyl (C=O) groups excluding carboxylic acids is 2. The van der Waals surface area contributed by atoms with Gasteiger partial charge in [0.25, 0.3) is 0 Å². The molecule has 0 aliphatic heterocycles. The van der Waals surface area contributed by atoms with Crippen molar-refractivity contribution in [1.82, 2.24) is 0 Å². The molecule has 3 aromatic carbocycles. The molecule has 6 heteroatoms. The Morgan fingerprint density at radius 2 is 1.17 bits per heavy atom. The zero-order valence-corrected chi connectivity index (χ0v) is 26.0. The van der Waals surface area contributed by atoms with Crippen molar-refractivity contribution in [2.24, 2.45) is 0 Å². The number of fused-ring (bicyclic) bond motifs is 2. The van der Waals surface area contributed by atoms with Crippen LogP contribution in [0.4, 0.5) is 0 Å². The molecule has 0 saturated carbocycles. The van der Waals surface area contributed by atoms with Crippen LogP contribution in [-0.4, -0.2) is 37.4 Å². The maximum absolute atomic E-state index is 12.2. The number of ether oxygens (including phenoxy) is 4. The molecule has 6 nitrogen and oxygen atoms in total. The summed E-state index contributed by atoms with van der Waals surface area (Å²) in [5, 5.41) is 3.69. The van der Waals surface area contributed by atoms with Gasteiger partial charge in [-0.05, 0) is 50.2 Å². The topological polar surface area (TPSA) is 71.1 Å². The largest absolute Gasteiger partial charge is 0.488 e. The molecule has 0 amide bonds. The highest BCUT2D eigenvalue weighted by molar-refractivity contribution is 6.11. The van der Waals surface area contributed by atoms with E-state index in [1.54, 1.807) is 0 Å². The number of rotatable bonds is 16. The van der Waals surface area contributed by atoms with Crippen molar-refractivity contribution >= 4 is 33.5 Å². The van der Waals surface area contributed by atoms with Crippen LogP contribution in [0.1, 0.15) is 99.0 Å². The summed E-state index contributed by atoms with van der Waals surface area (Å²) in [7, 11) is 0. The normalized spacial score (nSPS) is 13.1. The van der Waals surface area contributed by atoms with Crippen molar-refractivity contribution in [1.29, 1.82) is 0 Å². The molecule has 2 unspecified atom stereocenters. The minimum Gasteiger partial charge on any atom is -0.488 e. The number of esters is 2. The van der Waals surface area contributed by atoms with Gasteiger partial charge in [0.05, 0.1) is 0 Å². The van der Waals surface area contributed by atoms with Crippen LogP contribution in [0, 0.1) is 0 Å². The molecule has 0 N–H and O–H groups in total. The van der Waals surface area contributed by atoms with Crippen molar-refractivity contribution in [3.8, 4) is 11.5 Å². The Balaban J connectivity index is 2.00. The Morgan fingerprint density at radius 3 is 1.63 bits per heavy atom. The molecule has 0 spiro atoms. The number of hydrogen-bond donors (Lipinski definition) is 0. The van der Waals surface area contributed by atoms with E-state index in [2.05, 4.69) is 52.8 Å². The molecule has 0 saturated heterocycles. The van der Waals surface area contributed by atoms with Crippen molar-refractivity contribution < 1.29 is 28.5 Å². The van der Waals surface area contributed by atoms with Gasteiger partial charge < -0.3 is 18.9 Å². The predicted molar refractivity (Wildman–Crippen MR) is 166 cm³/mol. The quantitative estimate of drug-likeness (QED) is 0.128. The van der Waals surface area contributed by atoms with E-state index in [9.17, 15) is 9.59 Å². The van der Waals surface area contributed by atoms with Gasteiger partial charge in [0.15, 0.2) is 0 Å². The Hall–Kier alpha value is -3.28. The second-order valence-corrected chi connectivity index (χ2v) is 11.6. The zero-order chi connectivity index (χ0) is 30.0. The first-order valence-electron chi connectivity index (χ1n) is 15.2. The van der Waals surface area contributed by atoms with E-state index in [-0.39, 0.29) is 42.8 Å². The van der Waals surface area contributed by atoms with Gasteiger partial charge in [0, 0.05) is 34.4 Å². The van der Waals surface area contributed by atoms with Gasteiger partial charge in [-0.15, -0.1) is 0 Å². The molecule has 0 aliphatic carbocycles. The first kappa shape index (κ1) is 32.2. The molecule has 41 heavy (non-hydrogen) atoms. The average Bonchev–Trinajstić information content (AvgIpc) is 2.96. The van der Waals surface area contributed by atoms with Gasteiger partial charge in [0.2, 0.25) is 0 Å². The standard InChI is InChI=1S/C35H48O6/c1-8-11-17-31(36)40-24(4)22-38-33-27-15-13-14-16-28(27)34(39-23-25(5)41-32(37)18-12-9-2)30-21-26(19-20-29(30)33)35(6,7)10-3/h13-16,19-21,24-25H,8-12,17-18,22-23H2,1-7H3. The summed E-state index contributed by atoms with van der Waals surface area (Å²) >= 11 is 0. The van der Waals surface area contributed by atoms with E-state index in [0.717, 1.165) is 65.1 Å². The molecule has 0 fully saturated rings. The van der Waals surface area contributed by atoms with Crippen LogP contribution in [0.15, 0.2) is 42.5 Å². The van der Waals surface area contributed by atoms with Crippen LogP contribution in [0.5, 0.6) is 11.5 Å². The van der Waals surface area contributed by atoms with Crippen molar-refractivity contribution in [2.45, 2.75) is 111 Å². The maximum Gasteiger partial charge on any atom is 0.306 e. The number of carbonyl (C=O) groups is 2. The molecule has 3 rings (SSSR count). The maximum atomic E-state index is 12.2. The molecular formula is C35H48O6. The Bertz CT molecular complexity index is 1310. The lowest BCUT2D eigenvalue weighted by Gasteiger charge is -2.25. The van der Waals surface area contributed by atoms with Crippen molar-refractivity contribution in [3.63, 3.8) is 0 Å². The van der Waals surface area contributed by atoms with Crippen LogP contribution >= 0.6 is 0 Å². The lowest BCUT2D eigenvalue weighted by Crippen LogP contribution is -2.22. The number of unbranched alkanes of at least 4 members (excludes halogenated alkanes) is 2. The average molecular weight is 565 g/mol. The van der Waals surface area contributed by atoms with Gasteiger partial charge >= 0.3 is 11.9 Å². The third-order valence-corrected chi connectivity index (χ3v) is 7.65. The monoisotopic (exact) mass is 564 g/mol. The minimum atomic E-state index is -0.386. The van der Waals surface area contributed by atoms with Gasteiger partial charge in [-0.1, -0.05) is 83.9 Å². The predicted octanol–water partition coefficient (Wildman–Crippen LogP) is 8.68. The smallest absolute Gasteiger partial charge is 0.306 e. The van der Waals surface area contributed by atoms with Gasteiger partial charge in [-0.2, -0.15) is 0 Å². The lowest BCUT2D eigenvalue weighted by atomic mass is 9.81. The summed E-state index contributed by atoms with van der Waals surface area (Å²) in [4.78, 5) is 24.4. The fourth-order valence-corrected chi connectivity index (χ4v) is 4.71. The Morgan fingerprint density at radius 1 is 0.707 bits per heavy atom. The van der Waals surface area contributed by atoms with Gasteiger partial charge in [-0.25, -0.2) is 0 Å². The van der Waals surface area contributed by atoms with E-state index in [1.165, 1.54) is 5.56 Å². The SMILES string of the molecule is CCCCC(=O)OC(C)COc1c2ccccc2c(OCC(C)OC(=O)CCCC)c2cc(C(C)(C)CC)ccc12. The molecular weight excluding hydrogens is 516 g/mol. The zero-order valence-electron chi connectivity index (χ0n) is 26.0. The fraction of sp³-hybridized carbons (Fsp3) is 0.543. The molecule has 0 radical (unpaired) electrons. The van der Waals surface area contributed by atoms with E-state index in [4.69, 9.17) is 18.9 Å². The van der Waals surface area contributed by atoms with Crippen LogP contribution < -0.4 is 9.47 Å². The van der Waals surface area contributed by atoms with Gasteiger partial charge in [-0.3, -0.25) is 9.59 Å². The van der Waals surface area contributed by atoms with Crippen molar-refractivity contribution in [2.75, 3.05) is 13.2 Å². The van der Waals surface area contributed by atoms with Crippen LogP contribution in [0.25, 0.3) is 21.5 Å².